The lowest BCUT2D eigenvalue weighted by molar-refractivity contribution is 0.588. The summed E-state index contributed by atoms with van der Waals surface area (Å²) in [6.07, 6.45) is 2.15. The number of nitrogens with one attached hydrogen (secondary N) is 1. The molecule has 0 saturated heterocycles. The van der Waals surface area contributed by atoms with E-state index >= 15 is 0 Å². The zero-order valence-electron chi connectivity index (χ0n) is 13.2. The van der Waals surface area contributed by atoms with Gasteiger partial charge in [0.05, 0.1) is 0 Å². The molecular formula is C16H29N3. The number of aryl methyl sites for hydroxylation is 1. The number of nitrogens with zero attached hydrogens (tertiary/aromatic N) is 2. The lowest BCUT2D eigenvalue weighted by atomic mass is 10.1. The highest BCUT2D eigenvalue weighted by Gasteiger charge is 2.08. The summed E-state index contributed by atoms with van der Waals surface area (Å²) in [5.74, 6) is 1.13. The first-order valence-corrected chi connectivity index (χ1v) is 7.58. The highest BCUT2D eigenvalue weighted by Crippen LogP contribution is 2.16. The topological polar surface area (TPSA) is 28.2 Å². The molecule has 1 heterocycles. The molecule has 0 radical (unpaired) electrons. The Morgan fingerprint density at radius 3 is 2.47 bits per heavy atom. The van der Waals surface area contributed by atoms with E-state index in [0.717, 1.165) is 38.3 Å². The van der Waals surface area contributed by atoms with Crippen molar-refractivity contribution in [2.24, 2.45) is 0 Å². The Hall–Kier alpha value is -1.09. The van der Waals surface area contributed by atoms with Gasteiger partial charge in [-0.05, 0) is 37.5 Å². The number of anilines is 1. The van der Waals surface area contributed by atoms with E-state index in [1.165, 1.54) is 11.3 Å². The van der Waals surface area contributed by atoms with Gasteiger partial charge in [0, 0.05) is 31.4 Å². The molecule has 0 unspecified atom stereocenters. The summed E-state index contributed by atoms with van der Waals surface area (Å²) in [7, 11) is 0. The molecule has 0 atom stereocenters. The fourth-order valence-electron chi connectivity index (χ4n) is 2.10. The van der Waals surface area contributed by atoms with Crippen molar-refractivity contribution in [3.63, 3.8) is 0 Å². The average molecular weight is 263 g/mol. The van der Waals surface area contributed by atoms with Crippen LogP contribution in [0.4, 0.5) is 5.82 Å². The molecule has 0 fully saturated rings. The molecule has 1 N–H and O–H groups in total. The van der Waals surface area contributed by atoms with Crippen molar-refractivity contribution < 1.29 is 0 Å². The van der Waals surface area contributed by atoms with Gasteiger partial charge in [0.25, 0.3) is 0 Å². The van der Waals surface area contributed by atoms with E-state index in [2.05, 4.69) is 57.0 Å². The zero-order valence-corrected chi connectivity index (χ0v) is 13.2. The first kappa shape index (κ1) is 16.0. The van der Waals surface area contributed by atoms with E-state index < -0.39 is 0 Å². The van der Waals surface area contributed by atoms with E-state index in [0.29, 0.717) is 6.04 Å². The number of hydrogen-bond donors (Lipinski definition) is 1. The van der Waals surface area contributed by atoms with Gasteiger partial charge in [0.2, 0.25) is 0 Å². The third-order valence-corrected chi connectivity index (χ3v) is 3.20. The third kappa shape index (κ3) is 5.19. The van der Waals surface area contributed by atoms with Crippen LogP contribution in [0.3, 0.4) is 0 Å². The second kappa shape index (κ2) is 8.16. The maximum Gasteiger partial charge on any atom is 0.129 e. The lowest BCUT2D eigenvalue weighted by Gasteiger charge is -2.23. The molecule has 1 rings (SSSR count). The van der Waals surface area contributed by atoms with Gasteiger partial charge < -0.3 is 10.2 Å². The van der Waals surface area contributed by atoms with Crippen LogP contribution in [0.2, 0.25) is 0 Å². The van der Waals surface area contributed by atoms with Crippen LogP contribution in [-0.4, -0.2) is 24.1 Å². The first-order valence-electron chi connectivity index (χ1n) is 7.58. The Kier molecular flexibility index (Phi) is 6.85. The molecular weight excluding hydrogens is 234 g/mol. The van der Waals surface area contributed by atoms with E-state index in [1.54, 1.807) is 0 Å². The van der Waals surface area contributed by atoms with Gasteiger partial charge in [-0.3, -0.25) is 0 Å². The summed E-state index contributed by atoms with van der Waals surface area (Å²) in [6.45, 7) is 14.0. The SMILES string of the molecule is CCCN(CC)c1cc(CNC(C)C)cc(CC)n1. The molecule has 0 bridgehead atoms. The standard InChI is InChI=1S/C16H29N3/c1-6-9-19(8-3)16-11-14(12-17-13(4)5)10-15(7-2)18-16/h10-11,13,17H,6-9,12H2,1-5H3. The summed E-state index contributed by atoms with van der Waals surface area (Å²) < 4.78 is 0. The van der Waals surface area contributed by atoms with Crippen LogP contribution < -0.4 is 10.2 Å². The minimum Gasteiger partial charge on any atom is -0.357 e. The van der Waals surface area contributed by atoms with Gasteiger partial charge in [0.1, 0.15) is 5.82 Å². The smallest absolute Gasteiger partial charge is 0.129 e. The average Bonchev–Trinajstić information content (AvgIpc) is 2.42. The molecule has 108 valence electrons. The molecule has 1 aromatic heterocycles. The number of hydrogen-bond acceptors (Lipinski definition) is 3. The molecule has 1 aromatic rings. The quantitative estimate of drug-likeness (QED) is 0.779. The Bertz CT molecular complexity index is 374. The highest BCUT2D eigenvalue weighted by molar-refractivity contribution is 5.42. The van der Waals surface area contributed by atoms with Crippen LogP contribution >= 0.6 is 0 Å². The highest BCUT2D eigenvalue weighted by atomic mass is 15.2. The van der Waals surface area contributed by atoms with Gasteiger partial charge in [0.15, 0.2) is 0 Å². The largest absolute Gasteiger partial charge is 0.357 e. The van der Waals surface area contributed by atoms with Crippen LogP contribution in [0.1, 0.15) is 52.3 Å². The Morgan fingerprint density at radius 1 is 1.21 bits per heavy atom. The fraction of sp³-hybridized carbons (Fsp3) is 0.688. The van der Waals surface area contributed by atoms with Crippen LogP contribution in [0.25, 0.3) is 0 Å². The Labute approximate surface area is 118 Å². The predicted octanol–water partition coefficient (Wildman–Crippen LogP) is 3.38. The van der Waals surface area contributed by atoms with Gasteiger partial charge in [-0.1, -0.05) is 27.7 Å². The minimum atomic E-state index is 0.514. The number of rotatable bonds is 8. The van der Waals surface area contributed by atoms with Gasteiger partial charge in [-0.15, -0.1) is 0 Å². The molecule has 0 amide bonds. The van der Waals surface area contributed by atoms with E-state index in [-0.39, 0.29) is 0 Å². The summed E-state index contributed by atoms with van der Waals surface area (Å²) in [5, 5.41) is 3.48. The summed E-state index contributed by atoms with van der Waals surface area (Å²) in [5.41, 5.74) is 2.53. The Morgan fingerprint density at radius 2 is 1.95 bits per heavy atom. The van der Waals surface area contributed by atoms with Gasteiger partial charge in [-0.25, -0.2) is 4.98 Å². The van der Waals surface area contributed by atoms with E-state index in [9.17, 15) is 0 Å². The molecule has 3 heteroatoms. The second-order valence-electron chi connectivity index (χ2n) is 5.29. The van der Waals surface area contributed by atoms with Crippen LogP contribution in [0.15, 0.2) is 12.1 Å². The van der Waals surface area contributed by atoms with Crippen molar-refractivity contribution in [3.8, 4) is 0 Å². The van der Waals surface area contributed by atoms with Gasteiger partial charge in [-0.2, -0.15) is 0 Å². The van der Waals surface area contributed by atoms with Crippen molar-refractivity contribution in [1.82, 2.24) is 10.3 Å². The third-order valence-electron chi connectivity index (χ3n) is 3.20. The lowest BCUT2D eigenvalue weighted by Crippen LogP contribution is -2.26. The van der Waals surface area contributed by atoms with Crippen LogP contribution in [0.5, 0.6) is 0 Å². The first-order chi connectivity index (χ1) is 9.10. The van der Waals surface area contributed by atoms with Crippen molar-refractivity contribution in [3.05, 3.63) is 23.4 Å². The predicted molar refractivity (Wildman–Crippen MR) is 83.8 cm³/mol. The number of aromatic nitrogens is 1. The van der Waals surface area contributed by atoms with Crippen molar-refractivity contribution in [2.75, 3.05) is 18.0 Å². The van der Waals surface area contributed by atoms with Gasteiger partial charge >= 0.3 is 0 Å². The summed E-state index contributed by atoms with van der Waals surface area (Å²) in [6, 6.07) is 4.96. The molecule has 3 nitrogen and oxygen atoms in total. The molecule has 0 aliphatic carbocycles. The minimum absolute atomic E-state index is 0.514. The second-order valence-corrected chi connectivity index (χ2v) is 5.29. The zero-order chi connectivity index (χ0) is 14.3. The maximum atomic E-state index is 4.77. The number of pyridine rings is 1. The monoisotopic (exact) mass is 263 g/mol. The molecule has 0 saturated carbocycles. The molecule has 0 aliphatic rings. The summed E-state index contributed by atoms with van der Waals surface area (Å²) in [4.78, 5) is 7.13. The molecule has 19 heavy (non-hydrogen) atoms. The Balaban J connectivity index is 2.93. The maximum absolute atomic E-state index is 4.77. The van der Waals surface area contributed by atoms with E-state index in [1.807, 2.05) is 0 Å². The molecule has 0 aliphatic heterocycles. The van der Waals surface area contributed by atoms with E-state index in [4.69, 9.17) is 4.98 Å². The van der Waals surface area contributed by atoms with Crippen molar-refractivity contribution in [1.29, 1.82) is 0 Å². The molecule has 0 aromatic carbocycles. The summed E-state index contributed by atoms with van der Waals surface area (Å²) >= 11 is 0. The fourth-order valence-corrected chi connectivity index (χ4v) is 2.10. The van der Waals surface area contributed by atoms with Crippen molar-refractivity contribution >= 4 is 5.82 Å². The van der Waals surface area contributed by atoms with Crippen LogP contribution in [-0.2, 0) is 13.0 Å². The molecule has 0 spiro atoms. The van der Waals surface area contributed by atoms with Crippen molar-refractivity contribution in [2.45, 2.75) is 60.0 Å². The normalized spacial score (nSPS) is 11.1. The van der Waals surface area contributed by atoms with Crippen LogP contribution in [0, 0.1) is 0 Å².